The Kier molecular flexibility index (Phi) is 15.4. The number of fused-ring (bicyclic) bond motifs is 5. The van der Waals surface area contributed by atoms with Crippen LogP contribution >= 0.6 is 0 Å². The van der Waals surface area contributed by atoms with Crippen molar-refractivity contribution >= 4 is 12.0 Å². The number of carbonyl (C=O) groups excluding carboxylic acids is 1. The van der Waals surface area contributed by atoms with Crippen molar-refractivity contribution in [2.45, 2.75) is 221 Å². The second-order valence-electron chi connectivity index (χ2n) is 21.5. The molecule has 3 heterocycles. The number of aliphatic hydroxyl groups excluding tert-OH is 3. The molecule has 4 saturated carbocycles. The van der Waals surface area contributed by atoms with Crippen LogP contribution in [0.15, 0.2) is 36.4 Å². The van der Waals surface area contributed by atoms with E-state index < -0.39 is 126 Å². The number of esters is 1. The van der Waals surface area contributed by atoms with Crippen molar-refractivity contribution in [1.82, 2.24) is 0 Å². The summed E-state index contributed by atoms with van der Waals surface area (Å²) in [6.45, 7) is 10.9. The van der Waals surface area contributed by atoms with Crippen LogP contribution in [0.1, 0.15) is 111 Å². The van der Waals surface area contributed by atoms with Crippen molar-refractivity contribution < 1.29 is 82.8 Å². The van der Waals surface area contributed by atoms with Gasteiger partial charge in [0.2, 0.25) is 0 Å². The van der Waals surface area contributed by atoms with Gasteiger partial charge in [0.15, 0.2) is 18.9 Å². The summed E-state index contributed by atoms with van der Waals surface area (Å²) < 4.78 is 61.2. The van der Waals surface area contributed by atoms with Gasteiger partial charge in [-0.25, -0.2) is 4.79 Å². The van der Waals surface area contributed by atoms with Crippen LogP contribution in [0.3, 0.4) is 0 Å². The summed E-state index contributed by atoms with van der Waals surface area (Å²) in [6.07, 6.45) is -4.62. The Labute approximate surface area is 400 Å². The summed E-state index contributed by atoms with van der Waals surface area (Å²) in [7, 11) is 4.63. The van der Waals surface area contributed by atoms with E-state index in [1.165, 1.54) is 13.2 Å². The van der Waals surface area contributed by atoms with Crippen LogP contribution in [-0.2, 0) is 52.2 Å². The Bertz CT molecular complexity index is 1910. The predicted molar refractivity (Wildman–Crippen MR) is 243 cm³/mol. The molecule has 17 nitrogen and oxygen atoms in total. The van der Waals surface area contributed by atoms with Gasteiger partial charge < -0.3 is 78.0 Å². The number of hydrogen-bond acceptors (Lipinski definition) is 17. The maximum atomic E-state index is 13.0. The molecule has 17 heteroatoms. The van der Waals surface area contributed by atoms with Crippen molar-refractivity contribution in [2.75, 3.05) is 21.3 Å². The van der Waals surface area contributed by atoms with Crippen molar-refractivity contribution in [3.8, 4) is 0 Å². The first-order valence-electron chi connectivity index (χ1n) is 24.8. The Balaban J connectivity index is 0.869. The first-order chi connectivity index (χ1) is 32.2. The van der Waals surface area contributed by atoms with Gasteiger partial charge in [-0.2, -0.15) is 0 Å². The van der Waals surface area contributed by atoms with Gasteiger partial charge in [0.25, 0.3) is 0 Å². The third-order valence-electron chi connectivity index (χ3n) is 18.2. The van der Waals surface area contributed by atoms with E-state index in [9.17, 15) is 35.4 Å². The van der Waals surface area contributed by atoms with Crippen molar-refractivity contribution in [2.24, 2.45) is 22.7 Å². The molecule has 1 aromatic rings. The molecule has 384 valence electrons. The van der Waals surface area contributed by atoms with Gasteiger partial charge >= 0.3 is 5.97 Å². The SMILES string of the molecule is CO[C@H]1[C@H](O)[C@@H](O[C@H]2[C@@H](C)O[C@H](O[C@@H]3[C@@H](C)O[C@@H](O[C@@H]4CC[C@]5(C)[C@@H](CC[C@]6(O)[C@@H]5C[C@@H](O)[C@@]5(C)[C@@]6(O)CC[C@]5(O)[C@H](C)OC(=O)C=Cc5ccccc5)C4)C[C@H]3OC)C[C@H]2OC)O[C@@H](C)[C@@H]1O. The zero-order chi connectivity index (χ0) is 49.1. The molecule has 0 aromatic heterocycles. The van der Waals surface area contributed by atoms with Gasteiger partial charge in [0.05, 0.1) is 53.7 Å². The van der Waals surface area contributed by atoms with Crippen LogP contribution < -0.4 is 0 Å². The molecule has 0 amide bonds. The second kappa shape index (κ2) is 20.0. The lowest BCUT2D eigenvalue weighted by Gasteiger charge is -2.69. The first-order valence-corrected chi connectivity index (χ1v) is 24.8. The normalized spacial score (nSPS) is 50.0. The molecular formula is C51H78O17. The summed E-state index contributed by atoms with van der Waals surface area (Å²) in [4.78, 5) is 13.0. The van der Waals surface area contributed by atoms with Gasteiger partial charge in [-0.1, -0.05) is 44.2 Å². The van der Waals surface area contributed by atoms with Gasteiger partial charge in [-0.05, 0) is 108 Å². The Morgan fingerprint density at radius 1 is 0.721 bits per heavy atom. The molecule has 4 aliphatic carbocycles. The maximum absolute atomic E-state index is 13.0. The summed E-state index contributed by atoms with van der Waals surface area (Å²) in [5.74, 6) is -0.994. The molecular weight excluding hydrogens is 885 g/mol. The van der Waals surface area contributed by atoms with Crippen molar-refractivity contribution in [3.63, 3.8) is 0 Å². The minimum atomic E-state index is -1.86. The van der Waals surface area contributed by atoms with E-state index >= 15 is 0 Å². The topological polar surface area (TPSA) is 231 Å². The number of benzene rings is 1. The molecule has 8 rings (SSSR count). The molecule has 23 atom stereocenters. The number of aliphatic hydroxyl groups is 6. The van der Waals surface area contributed by atoms with E-state index in [4.69, 9.17) is 47.4 Å². The smallest absolute Gasteiger partial charge is 0.331 e. The van der Waals surface area contributed by atoms with E-state index in [0.29, 0.717) is 38.5 Å². The van der Waals surface area contributed by atoms with Crippen LogP contribution in [0.25, 0.3) is 6.08 Å². The van der Waals surface area contributed by atoms with Crippen LogP contribution in [-0.4, -0.2) is 173 Å². The Morgan fingerprint density at radius 2 is 1.35 bits per heavy atom. The van der Waals surface area contributed by atoms with E-state index in [1.807, 2.05) is 44.2 Å². The average molecular weight is 963 g/mol. The molecule has 1 aromatic carbocycles. The minimum Gasteiger partial charge on any atom is -0.456 e. The lowest BCUT2D eigenvalue weighted by atomic mass is 9.40. The average Bonchev–Trinajstić information content (AvgIpc) is 3.54. The highest BCUT2D eigenvalue weighted by Crippen LogP contribution is 2.72. The molecule has 0 bridgehead atoms. The number of rotatable bonds is 13. The van der Waals surface area contributed by atoms with Crippen molar-refractivity contribution in [3.05, 3.63) is 42.0 Å². The van der Waals surface area contributed by atoms with Crippen LogP contribution in [0.4, 0.5) is 0 Å². The third kappa shape index (κ3) is 8.84. The first kappa shape index (κ1) is 52.2. The Morgan fingerprint density at radius 3 is 1.99 bits per heavy atom. The lowest BCUT2D eigenvalue weighted by Crippen LogP contribution is -2.79. The fraction of sp³-hybridized carbons (Fsp3) is 0.824. The van der Waals surface area contributed by atoms with E-state index in [1.54, 1.807) is 41.1 Å². The highest BCUT2D eigenvalue weighted by atomic mass is 16.8. The number of ether oxygens (including phenoxy) is 10. The number of hydrogen-bond donors (Lipinski definition) is 6. The quantitative estimate of drug-likeness (QED) is 0.0944. The molecule has 0 unspecified atom stereocenters. The van der Waals surface area contributed by atoms with E-state index in [2.05, 4.69) is 6.92 Å². The molecule has 7 aliphatic rings. The van der Waals surface area contributed by atoms with Crippen LogP contribution in [0, 0.1) is 22.7 Å². The van der Waals surface area contributed by atoms with E-state index in [-0.39, 0.29) is 43.8 Å². The standard InChI is InChI=1S/C51H78O17/c1-27-41(54)45(61-9)42(55)46(64-27)68-44-29(3)63-40(25-35(44)60-8)67-43-28(2)62-39(24-34(43)59-7)66-33-18-19-47(5)32(23-33)17-20-50(57)36(47)26-37(52)48(6)49(56,21-22-51(48,50)58)30(4)65-38(53)16-15-31-13-11-10-12-14-31/h10-16,27-30,32-37,39-46,52,54-58H,17-26H2,1-9H3/t27-,28+,29+,30-,32-,33+,34+,35+,36+,37+,39-,40+,41-,42-,43+,44-,45+,46+,47+,48+,49-,50-,51-/m0/s1. The predicted octanol–water partition coefficient (Wildman–Crippen LogP) is 3.54. The lowest BCUT2D eigenvalue weighted by molar-refractivity contribution is -0.353. The van der Waals surface area contributed by atoms with Gasteiger partial charge in [0, 0.05) is 40.2 Å². The molecule has 7 fully saturated rings. The molecule has 6 N–H and O–H groups in total. The third-order valence-corrected chi connectivity index (χ3v) is 18.2. The summed E-state index contributed by atoms with van der Waals surface area (Å²) in [5.41, 5.74) is -6.50. The molecule has 0 radical (unpaired) electrons. The number of methoxy groups -OCH3 is 3. The molecule has 0 spiro atoms. The zero-order valence-electron chi connectivity index (χ0n) is 41.2. The minimum absolute atomic E-state index is 0.0353. The highest BCUT2D eigenvalue weighted by Gasteiger charge is 2.81. The van der Waals surface area contributed by atoms with Gasteiger partial charge in [-0.15, -0.1) is 0 Å². The molecule has 3 aliphatic heterocycles. The van der Waals surface area contributed by atoms with Gasteiger partial charge in [-0.3, -0.25) is 0 Å². The van der Waals surface area contributed by atoms with Crippen LogP contribution in [0.5, 0.6) is 0 Å². The van der Waals surface area contributed by atoms with Crippen LogP contribution in [0.2, 0.25) is 0 Å². The number of carbonyl (C=O) groups is 1. The second-order valence-corrected chi connectivity index (χ2v) is 21.5. The summed E-state index contributed by atoms with van der Waals surface area (Å²) >= 11 is 0. The molecule has 3 saturated heterocycles. The maximum Gasteiger partial charge on any atom is 0.331 e. The zero-order valence-corrected chi connectivity index (χ0v) is 41.2. The van der Waals surface area contributed by atoms with E-state index in [0.717, 1.165) is 5.56 Å². The largest absolute Gasteiger partial charge is 0.456 e. The fourth-order valence-electron chi connectivity index (χ4n) is 14.0. The molecule has 68 heavy (non-hydrogen) atoms. The monoisotopic (exact) mass is 963 g/mol. The fourth-order valence-corrected chi connectivity index (χ4v) is 14.0. The highest BCUT2D eigenvalue weighted by molar-refractivity contribution is 5.87. The Hall–Kier alpha value is -2.17. The van der Waals surface area contributed by atoms with Gasteiger partial charge in [0.1, 0.15) is 47.8 Å². The summed E-state index contributed by atoms with van der Waals surface area (Å²) in [5, 5.41) is 71.7. The van der Waals surface area contributed by atoms with Crippen molar-refractivity contribution in [1.29, 1.82) is 0 Å². The summed E-state index contributed by atoms with van der Waals surface area (Å²) in [6, 6.07) is 9.31.